The summed E-state index contributed by atoms with van der Waals surface area (Å²) < 4.78 is 0. The van der Waals surface area contributed by atoms with Gasteiger partial charge in [-0.05, 0) is 32.9 Å². The van der Waals surface area contributed by atoms with Crippen LogP contribution < -0.4 is 5.73 Å². The molecule has 0 amide bonds. The minimum absolute atomic E-state index is 0.387. The van der Waals surface area contributed by atoms with Gasteiger partial charge in [0.1, 0.15) is 6.04 Å². The lowest BCUT2D eigenvalue weighted by atomic mass is 10.2. The Bertz CT molecular complexity index is 168. The van der Waals surface area contributed by atoms with Crippen LogP contribution in [-0.2, 0) is 4.79 Å². The molecule has 0 aromatic rings. The van der Waals surface area contributed by atoms with E-state index in [4.69, 9.17) is 10.8 Å². The monoisotopic (exact) mass is 172 g/mol. The summed E-state index contributed by atoms with van der Waals surface area (Å²) in [5, 5.41) is 8.85. The molecule has 4 heteroatoms. The highest BCUT2D eigenvalue weighted by atomic mass is 16.4. The Balaban J connectivity index is 2.44. The first-order chi connectivity index (χ1) is 5.66. The third-order valence-corrected chi connectivity index (χ3v) is 2.34. The van der Waals surface area contributed by atoms with Crippen LogP contribution in [0.25, 0.3) is 0 Å². The molecule has 1 atom stereocenters. The molecule has 0 bridgehead atoms. The maximum Gasteiger partial charge on any atom is 0.320 e. The smallest absolute Gasteiger partial charge is 0.320 e. The molecule has 0 aromatic carbocycles. The highest BCUT2D eigenvalue weighted by molar-refractivity contribution is 5.73. The predicted molar refractivity (Wildman–Crippen MR) is 45.9 cm³/mol. The van der Waals surface area contributed by atoms with E-state index in [2.05, 4.69) is 0 Å². The first-order valence-corrected chi connectivity index (χ1v) is 4.31. The molecule has 0 radical (unpaired) electrons. The lowest BCUT2D eigenvalue weighted by Gasteiger charge is -2.23. The van der Waals surface area contributed by atoms with E-state index in [1.165, 1.54) is 0 Å². The van der Waals surface area contributed by atoms with Gasteiger partial charge in [0.15, 0.2) is 0 Å². The van der Waals surface area contributed by atoms with Gasteiger partial charge >= 0.3 is 5.97 Å². The zero-order valence-corrected chi connectivity index (χ0v) is 7.36. The van der Waals surface area contributed by atoms with E-state index in [0.717, 1.165) is 12.8 Å². The number of nitrogens with zero attached hydrogens (tertiary/aromatic N) is 1. The van der Waals surface area contributed by atoms with Crippen molar-refractivity contribution in [2.45, 2.75) is 31.3 Å². The fourth-order valence-corrected chi connectivity index (χ4v) is 1.40. The molecule has 1 aliphatic rings. The minimum Gasteiger partial charge on any atom is -0.480 e. The SMILES string of the molecule is CN(C1CC1)C(CCN)C(=O)O. The summed E-state index contributed by atoms with van der Waals surface area (Å²) >= 11 is 0. The largest absolute Gasteiger partial charge is 0.480 e. The quantitative estimate of drug-likeness (QED) is 0.607. The number of hydrogen-bond acceptors (Lipinski definition) is 3. The van der Waals surface area contributed by atoms with E-state index in [0.29, 0.717) is 19.0 Å². The van der Waals surface area contributed by atoms with Crippen LogP contribution >= 0.6 is 0 Å². The molecule has 70 valence electrons. The van der Waals surface area contributed by atoms with Crippen molar-refractivity contribution in [2.24, 2.45) is 5.73 Å². The van der Waals surface area contributed by atoms with Gasteiger partial charge in [0.2, 0.25) is 0 Å². The zero-order valence-electron chi connectivity index (χ0n) is 7.36. The van der Waals surface area contributed by atoms with Gasteiger partial charge in [-0.1, -0.05) is 0 Å². The number of nitrogens with two attached hydrogens (primary N) is 1. The molecule has 0 spiro atoms. The average Bonchev–Trinajstić information content (AvgIpc) is 2.80. The van der Waals surface area contributed by atoms with Crippen LogP contribution in [0.1, 0.15) is 19.3 Å². The number of hydrogen-bond donors (Lipinski definition) is 2. The van der Waals surface area contributed by atoms with Crippen LogP contribution in [0.4, 0.5) is 0 Å². The summed E-state index contributed by atoms with van der Waals surface area (Å²) in [5.41, 5.74) is 5.34. The van der Waals surface area contributed by atoms with Crippen molar-refractivity contribution in [3.8, 4) is 0 Å². The highest BCUT2D eigenvalue weighted by Gasteiger charge is 2.33. The first kappa shape index (κ1) is 9.48. The van der Waals surface area contributed by atoms with Crippen LogP contribution in [0.2, 0.25) is 0 Å². The maximum absolute atomic E-state index is 10.8. The Morgan fingerprint density at radius 1 is 1.75 bits per heavy atom. The Hall–Kier alpha value is -0.610. The fourth-order valence-electron chi connectivity index (χ4n) is 1.40. The van der Waals surface area contributed by atoms with Crippen molar-refractivity contribution in [2.75, 3.05) is 13.6 Å². The molecule has 0 aliphatic heterocycles. The molecule has 0 aromatic heterocycles. The van der Waals surface area contributed by atoms with Gasteiger partial charge in [-0.3, -0.25) is 9.69 Å². The van der Waals surface area contributed by atoms with Crippen LogP contribution in [0, 0.1) is 0 Å². The standard InChI is InChI=1S/C8H16N2O2/c1-10(6-2-3-6)7(4-5-9)8(11)12/h6-7H,2-5,9H2,1H3,(H,11,12). The highest BCUT2D eigenvalue weighted by Crippen LogP contribution is 2.27. The number of rotatable bonds is 5. The van der Waals surface area contributed by atoms with Gasteiger partial charge in [0, 0.05) is 6.04 Å². The van der Waals surface area contributed by atoms with Gasteiger partial charge in [0.25, 0.3) is 0 Å². The molecule has 1 rings (SSSR count). The van der Waals surface area contributed by atoms with E-state index in [1.807, 2.05) is 11.9 Å². The lowest BCUT2D eigenvalue weighted by Crippen LogP contribution is -2.41. The van der Waals surface area contributed by atoms with Crippen LogP contribution in [0.15, 0.2) is 0 Å². The minimum atomic E-state index is -0.755. The van der Waals surface area contributed by atoms with Gasteiger partial charge in [-0.15, -0.1) is 0 Å². The van der Waals surface area contributed by atoms with E-state index in [9.17, 15) is 4.79 Å². The van der Waals surface area contributed by atoms with Gasteiger partial charge in [-0.25, -0.2) is 0 Å². The molecule has 1 fully saturated rings. The molecule has 1 saturated carbocycles. The number of likely N-dealkylation sites (N-methyl/N-ethyl adjacent to an activating group) is 1. The van der Waals surface area contributed by atoms with E-state index in [-0.39, 0.29) is 6.04 Å². The zero-order chi connectivity index (χ0) is 9.14. The molecule has 0 heterocycles. The molecule has 12 heavy (non-hydrogen) atoms. The second-order valence-corrected chi connectivity index (χ2v) is 3.33. The third kappa shape index (κ3) is 2.19. The first-order valence-electron chi connectivity index (χ1n) is 4.31. The van der Waals surface area contributed by atoms with Crippen molar-refractivity contribution in [3.05, 3.63) is 0 Å². The maximum atomic E-state index is 10.8. The van der Waals surface area contributed by atoms with Gasteiger partial charge in [-0.2, -0.15) is 0 Å². The second-order valence-electron chi connectivity index (χ2n) is 3.33. The fraction of sp³-hybridized carbons (Fsp3) is 0.875. The number of carbonyl (C=O) groups is 1. The van der Waals surface area contributed by atoms with Crippen LogP contribution in [-0.4, -0.2) is 41.7 Å². The van der Waals surface area contributed by atoms with Crippen molar-refractivity contribution >= 4 is 5.97 Å². The lowest BCUT2D eigenvalue weighted by molar-refractivity contribution is -0.143. The van der Waals surface area contributed by atoms with E-state index >= 15 is 0 Å². The van der Waals surface area contributed by atoms with Crippen molar-refractivity contribution < 1.29 is 9.90 Å². The molecular weight excluding hydrogens is 156 g/mol. The van der Waals surface area contributed by atoms with Crippen molar-refractivity contribution in [1.82, 2.24) is 4.90 Å². The normalized spacial score (nSPS) is 19.6. The summed E-state index contributed by atoms with van der Waals surface area (Å²) in [6, 6.07) is 0.0974. The topological polar surface area (TPSA) is 66.6 Å². The third-order valence-electron chi connectivity index (χ3n) is 2.34. The number of aliphatic carboxylic acids is 1. The van der Waals surface area contributed by atoms with Crippen LogP contribution in [0.3, 0.4) is 0 Å². The summed E-state index contributed by atoms with van der Waals surface area (Å²) in [4.78, 5) is 12.7. The molecule has 0 saturated heterocycles. The molecule has 3 N–H and O–H groups in total. The Morgan fingerprint density at radius 2 is 2.33 bits per heavy atom. The predicted octanol–water partition coefficient (Wildman–Crippen LogP) is -0.117. The Morgan fingerprint density at radius 3 is 2.67 bits per heavy atom. The molecule has 1 aliphatic carbocycles. The van der Waals surface area contributed by atoms with Crippen molar-refractivity contribution in [3.63, 3.8) is 0 Å². The average molecular weight is 172 g/mol. The summed E-state index contributed by atoms with van der Waals surface area (Å²) in [5.74, 6) is -0.755. The number of carboxylic acids is 1. The summed E-state index contributed by atoms with van der Waals surface area (Å²) in [7, 11) is 1.87. The van der Waals surface area contributed by atoms with E-state index in [1.54, 1.807) is 0 Å². The molecular formula is C8H16N2O2. The second kappa shape index (κ2) is 3.87. The number of carboxylic acid groups (broad SMARTS) is 1. The van der Waals surface area contributed by atoms with Gasteiger partial charge < -0.3 is 10.8 Å². The van der Waals surface area contributed by atoms with Gasteiger partial charge in [0.05, 0.1) is 0 Å². The van der Waals surface area contributed by atoms with Crippen molar-refractivity contribution in [1.29, 1.82) is 0 Å². The Kier molecular flexibility index (Phi) is 3.05. The van der Waals surface area contributed by atoms with E-state index < -0.39 is 5.97 Å². The Labute approximate surface area is 72.3 Å². The summed E-state index contributed by atoms with van der Waals surface area (Å²) in [6.07, 6.45) is 2.80. The summed E-state index contributed by atoms with van der Waals surface area (Å²) in [6.45, 7) is 0.439. The molecule has 1 unspecified atom stereocenters. The molecule has 4 nitrogen and oxygen atoms in total. The van der Waals surface area contributed by atoms with Crippen LogP contribution in [0.5, 0.6) is 0 Å².